The van der Waals surface area contributed by atoms with Crippen LogP contribution in [0.4, 0.5) is 0 Å². The van der Waals surface area contributed by atoms with E-state index in [1.54, 1.807) is 0 Å². The van der Waals surface area contributed by atoms with Gasteiger partial charge in [-0.25, -0.2) is 0 Å². The third-order valence-corrected chi connectivity index (χ3v) is 3.51. The second-order valence-corrected chi connectivity index (χ2v) is 5.62. The van der Waals surface area contributed by atoms with Crippen LogP contribution in [0.3, 0.4) is 0 Å². The quantitative estimate of drug-likeness (QED) is 0.531. The van der Waals surface area contributed by atoms with E-state index in [1.165, 1.54) is 65.0 Å². The summed E-state index contributed by atoms with van der Waals surface area (Å²) in [7, 11) is 6.70. The molecule has 0 radical (unpaired) electrons. The van der Waals surface area contributed by atoms with Gasteiger partial charge in [0.15, 0.2) is 0 Å². The fourth-order valence-electron chi connectivity index (χ4n) is 1.87. The zero-order valence-corrected chi connectivity index (χ0v) is 13.4. The molecule has 3 heteroatoms. The topological polar surface area (TPSA) is 9.72 Å². The molecule has 0 bridgehead atoms. The van der Waals surface area contributed by atoms with Crippen LogP contribution in [-0.4, -0.2) is 75.1 Å². The lowest BCUT2D eigenvalue weighted by Crippen LogP contribution is -2.36. The Morgan fingerprint density at radius 1 is 0.500 bits per heavy atom. The number of nitrogens with zero attached hydrogens (tertiary/aromatic N) is 3. The first kappa shape index (κ1) is 17.9. The highest BCUT2D eigenvalue weighted by atomic mass is 15.2. The van der Waals surface area contributed by atoms with Crippen molar-refractivity contribution >= 4 is 0 Å². The number of rotatable bonds is 12. The molecule has 0 aromatic rings. The van der Waals surface area contributed by atoms with Gasteiger partial charge in [-0.2, -0.15) is 0 Å². The van der Waals surface area contributed by atoms with Gasteiger partial charge in [0.25, 0.3) is 0 Å². The van der Waals surface area contributed by atoms with Crippen molar-refractivity contribution in [1.29, 1.82) is 0 Å². The average molecular weight is 257 g/mol. The predicted molar refractivity (Wildman–Crippen MR) is 82.3 cm³/mol. The molecule has 0 rings (SSSR count). The van der Waals surface area contributed by atoms with Gasteiger partial charge in [0.05, 0.1) is 0 Å². The van der Waals surface area contributed by atoms with Gasteiger partial charge >= 0.3 is 0 Å². The van der Waals surface area contributed by atoms with Gasteiger partial charge in [0.1, 0.15) is 0 Å². The van der Waals surface area contributed by atoms with Gasteiger partial charge in [-0.05, 0) is 47.1 Å². The minimum Gasteiger partial charge on any atom is -0.305 e. The molecule has 0 N–H and O–H groups in total. The molecule has 0 aliphatic heterocycles. The summed E-state index contributed by atoms with van der Waals surface area (Å²) in [5.41, 5.74) is 0. The molecule has 0 aliphatic carbocycles. The maximum absolute atomic E-state index is 2.45. The average Bonchev–Trinajstić information content (AvgIpc) is 2.37. The molecule has 0 aliphatic rings. The van der Waals surface area contributed by atoms with E-state index in [1.807, 2.05) is 0 Å². The van der Waals surface area contributed by atoms with E-state index in [0.717, 1.165) is 0 Å². The fraction of sp³-hybridized carbons (Fsp3) is 1.00. The van der Waals surface area contributed by atoms with Crippen LogP contribution in [-0.2, 0) is 0 Å². The number of unbranched alkanes of at least 4 members (excludes halogenated alkanes) is 2. The summed E-state index contributed by atoms with van der Waals surface area (Å²) in [5, 5.41) is 0. The number of hydrogen-bond acceptors (Lipinski definition) is 3. The van der Waals surface area contributed by atoms with Crippen molar-refractivity contribution in [2.45, 2.75) is 39.5 Å². The molecule has 0 atom stereocenters. The molecule has 0 spiro atoms. The van der Waals surface area contributed by atoms with Gasteiger partial charge in [-0.3, -0.25) is 0 Å². The van der Waals surface area contributed by atoms with Crippen molar-refractivity contribution in [3.05, 3.63) is 0 Å². The zero-order chi connectivity index (χ0) is 13.8. The van der Waals surface area contributed by atoms with Crippen molar-refractivity contribution in [3.63, 3.8) is 0 Å². The van der Waals surface area contributed by atoms with Crippen molar-refractivity contribution in [1.82, 2.24) is 14.7 Å². The number of hydrogen-bond donors (Lipinski definition) is 0. The molecule has 18 heavy (non-hydrogen) atoms. The molecule has 0 saturated carbocycles. The monoisotopic (exact) mass is 257 g/mol. The van der Waals surface area contributed by atoms with Crippen molar-refractivity contribution < 1.29 is 0 Å². The molecule has 0 amide bonds. The molecular formula is C15H35N3. The lowest BCUT2D eigenvalue weighted by molar-refractivity contribution is 0.224. The first-order valence-electron chi connectivity index (χ1n) is 7.65. The number of likely N-dealkylation sites (N-methyl/N-ethyl adjacent to an activating group) is 3. The Hall–Kier alpha value is -0.120. The lowest BCUT2D eigenvalue weighted by atomic mass is 10.3. The fourth-order valence-corrected chi connectivity index (χ4v) is 1.87. The van der Waals surface area contributed by atoms with E-state index in [0.29, 0.717) is 0 Å². The third kappa shape index (κ3) is 11.0. The summed E-state index contributed by atoms with van der Waals surface area (Å²) in [6, 6.07) is 0. The van der Waals surface area contributed by atoms with E-state index in [4.69, 9.17) is 0 Å². The Kier molecular flexibility index (Phi) is 11.9. The molecule has 3 nitrogen and oxygen atoms in total. The standard InChI is InChI=1S/C15H35N3/c1-6-8-10-16(3)12-14-18(5)15-13-17(4)11-9-7-2/h6-15H2,1-5H3. The van der Waals surface area contributed by atoms with Crippen LogP contribution in [0.25, 0.3) is 0 Å². The summed E-state index contributed by atoms with van der Waals surface area (Å²) < 4.78 is 0. The predicted octanol–water partition coefficient (Wildman–Crippen LogP) is 2.38. The van der Waals surface area contributed by atoms with E-state index < -0.39 is 0 Å². The highest BCUT2D eigenvalue weighted by Gasteiger charge is 2.03. The van der Waals surface area contributed by atoms with Gasteiger partial charge < -0.3 is 14.7 Å². The van der Waals surface area contributed by atoms with Crippen molar-refractivity contribution in [2.24, 2.45) is 0 Å². The lowest BCUT2D eigenvalue weighted by Gasteiger charge is -2.24. The summed E-state index contributed by atoms with van der Waals surface area (Å²) in [5.74, 6) is 0. The molecule has 0 aromatic heterocycles. The maximum atomic E-state index is 2.45. The van der Waals surface area contributed by atoms with Gasteiger partial charge in [-0.15, -0.1) is 0 Å². The highest BCUT2D eigenvalue weighted by Crippen LogP contribution is 1.94. The smallest absolute Gasteiger partial charge is 0.0107 e. The Bertz CT molecular complexity index is 155. The van der Waals surface area contributed by atoms with Crippen molar-refractivity contribution in [2.75, 3.05) is 60.4 Å². The zero-order valence-electron chi connectivity index (χ0n) is 13.4. The molecular weight excluding hydrogens is 222 g/mol. The minimum atomic E-state index is 1.18. The SMILES string of the molecule is CCCCN(C)CCN(C)CCN(C)CCCC. The van der Waals surface area contributed by atoms with Crippen LogP contribution in [0.1, 0.15) is 39.5 Å². The second-order valence-electron chi connectivity index (χ2n) is 5.62. The molecule has 110 valence electrons. The minimum absolute atomic E-state index is 1.18. The summed E-state index contributed by atoms with van der Waals surface area (Å²) in [6.07, 6.45) is 5.23. The van der Waals surface area contributed by atoms with Crippen LogP contribution in [0.2, 0.25) is 0 Å². The normalized spacial score (nSPS) is 12.0. The summed E-state index contributed by atoms with van der Waals surface area (Å²) >= 11 is 0. The Labute approximate surface area is 115 Å². The van der Waals surface area contributed by atoms with Crippen LogP contribution in [0.15, 0.2) is 0 Å². The van der Waals surface area contributed by atoms with Crippen molar-refractivity contribution in [3.8, 4) is 0 Å². The molecule has 0 saturated heterocycles. The maximum Gasteiger partial charge on any atom is 0.0107 e. The first-order chi connectivity index (χ1) is 8.60. The van der Waals surface area contributed by atoms with Gasteiger partial charge in [-0.1, -0.05) is 26.7 Å². The van der Waals surface area contributed by atoms with Gasteiger partial charge in [0.2, 0.25) is 0 Å². The first-order valence-corrected chi connectivity index (χ1v) is 7.65. The molecule has 0 fully saturated rings. The third-order valence-electron chi connectivity index (χ3n) is 3.51. The van der Waals surface area contributed by atoms with E-state index in [9.17, 15) is 0 Å². The highest BCUT2D eigenvalue weighted by molar-refractivity contribution is 4.60. The van der Waals surface area contributed by atoms with Crippen LogP contribution >= 0.6 is 0 Å². The van der Waals surface area contributed by atoms with Crippen LogP contribution in [0.5, 0.6) is 0 Å². The molecule has 0 unspecified atom stereocenters. The Balaban J connectivity index is 3.49. The summed E-state index contributed by atoms with van der Waals surface area (Å²) in [6.45, 7) is 11.7. The molecule has 0 heterocycles. The Morgan fingerprint density at radius 3 is 1.06 bits per heavy atom. The van der Waals surface area contributed by atoms with Crippen LogP contribution in [0, 0.1) is 0 Å². The second kappa shape index (κ2) is 11.9. The summed E-state index contributed by atoms with van der Waals surface area (Å²) in [4.78, 5) is 7.34. The van der Waals surface area contributed by atoms with E-state index >= 15 is 0 Å². The van der Waals surface area contributed by atoms with E-state index in [-0.39, 0.29) is 0 Å². The van der Waals surface area contributed by atoms with Crippen LogP contribution < -0.4 is 0 Å². The Morgan fingerprint density at radius 2 is 0.778 bits per heavy atom. The largest absolute Gasteiger partial charge is 0.305 e. The van der Waals surface area contributed by atoms with Gasteiger partial charge in [0, 0.05) is 26.2 Å². The van der Waals surface area contributed by atoms with E-state index in [2.05, 4.69) is 49.7 Å². The molecule has 0 aromatic carbocycles.